The largest absolute Gasteiger partial charge is 0.386 e. The maximum atomic E-state index is 14.2. The van der Waals surface area contributed by atoms with Crippen molar-refractivity contribution in [3.05, 3.63) is 16.3 Å². The third-order valence-electron chi connectivity index (χ3n) is 2.37. The van der Waals surface area contributed by atoms with Crippen LogP contribution in [0.3, 0.4) is 0 Å². The predicted octanol–water partition coefficient (Wildman–Crippen LogP) is 2.06. The molecule has 1 heterocycles. The normalized spacial score (nSPS) is 14.0. The first kappa shape index (κ1) is 15.6. The van der Waals surface area contributed by atoms with Gasteiger partial charge in [0.2, 0.25) is 0 Å². The topological polar surface area (TPSA) is 80.4 Å². The van der Waals surface area contributed by atoms with Gasteiger partial charge in [0.05, 0.1) is 5.60 Å². The second kappa shape index (κ2) is 4.26. The molecular formula is C11H18FNO3S2. The highest BCUT2D eigenvalue weighted by molar-refractivity contribution is 7.91. The molecule has 0 aliphatic carbocycles. The van der Waals surface area contributed by atoms with Gasteiger partial charge in [-0.05, 0) is 19.3 Å². The quantitative estimate of drug-likeness (QED) is 0.876. The van der Waals surface area contributed by atoms with Gasteiger partial charge in [0.15, 0.2) is 10.0 Å². The predicted molar refractivity (Wildman–Crippen MR) is 69.6 cm³/mol. The molecule has 4 nitrogen and oxygen atoms in total. The molecule has 0 aromatic carbocycles. The number of aliphatic hydroxyl groups is 1. The average Bonchev–Trinajstić information content (AvgIpc) is 2.39. The number of halogens is 1. The molecule has 0 fully saturated rings. The van der Waals surface area contributed by atoms with Crippen LogP contribution < -0.4 is 5.14 Å². The van der Waals surface area contributed by atoms with E-state index < -0.39 is 31.1 Å². The van der Waals surface area contributed by atoms with E-state index in [-0.39, 0.29) is 5.56 Å². The summed E-state index contributed by atoms with van der Waals surface area (Å²) in [4.78, 5) is 0.483. The smallest absolute Gasteiger partial charge is 0.250 e. The third kappa shape index (κ3) is 2.90. The second-order valence-electron chi connectivity index (χ2n) is 5.76. The number of hydrogen-bond acceptors (Lipinski definition) is 4. The Balaban J connectivity index is 3.74. The van der Waals surface area contributed by atoms with E-state index in [2.05, 4.69) is 0 Å². The first-order chi connectivity index (χ1) is 7.76. The van der Waals surface area contributed by atoms with Gasteiger partial charge in [-0.3, -0.25) is 0 Å². The fourth-order valence-corrected chi connectivity index (χ4v) is 3.84. The van der Waals surface area contributed by atoms with Crippen molar-refractivity contribution in [2.45, 2.75) is 49.8 Å². The summed E-state index contributed by atoms with van der Waals surface area (Å²) in [5.41, 5.74) is -1.94. The fourth-order valence-electron chi connectivity index (χ4n) is 1.65. The van der Waals surface area contributed by atoms with Crippen LogP contribution in [0.4, 0.5) is 4.39 Å². The summed E-state index contributed by atoms with van der Waals surface area (Å²) in [5.74, 6) is -0.945. The Morgan fingerprint density at radius 3 is 1.89 bits per heavy atom. The van der Waals surface area contributed by atoms with Gasteiger partial charge in [0.1, 0.15) is 0 Å². The highest BCUT2D eigenvalue weighted by atomic mass is 32.2. The van der Waals surface area contributed by atoms with Crippen molar-refractivity contribution in [2.75, 3.05) is 0 Å². The van der Waals surface area contributed by atoms with E-state index in [0.29, 0.717) is 4.88 Å². The summed E-state index contributed by atoms with van der Waals surface area (Å²) in [6.07, 6.45) is 0. The Morgan fingerprint density at radius 2 is 1.67 bits per heavy atom. The molecule has 18 heavy (non-hydrogen) atoms. The van der Waals surface area contributed by atoms with Crippen LogP contribution in [-0.2, 0) is 21.0 Å². The summed E-state index contributed by atoms with van der Waals surface area (Å²) in [7, 11) is -4.12. The number of primary sulfonamides is 1. The molecular weight excluding hydrogens is 277 g/mol. The van der Waals surface area contributed by atoms with Crippen molar-refractivity contribution < 1.29 is 17.9 Å². The van der Waals surface area contributed by atoms with Crippen molar-refractivity contribution >= 4 is 21.4 Å². The van der Waals surface area contributed by atoms with E-state index in [1.54, 1.807) is 0 Å². The molecule has 0 atom stereocenters. The molecule has 0 unspecified atom stereocenters. The van der Waals surface area contributed by atoms with E-state index in [4.69, 9.17) is 5.14 Å². The Bertz CT molecular complexity index is 562. The molecule has 0 saturated heterocycles. The van der Waals surface area contributed by atoms with Gasteiger partial charge in [0.25, 0.3) is 10.0 Å². The van der Waals surface area contributed by atoms with Crippen LogP contribution in [0.25, 0.3) is 0 Å². The van der Waals surface area contributed by atoms with Gasteiger partial charge in [-0.1, -0.05) is 20.8 Å². The van der Waals surface area contributed by atoms with E-state index in [9.17, 15) is 17.9 Å². The molecule has 0 aliphatic heterocycles. The van der Waals surface area contributed by atoms with E-state index in [0.717, 1.165) is 11.3 Å². The zero-order valence-corrected chi connectivity index (χ0v) is 12.7. The van der Waals surface area contributed by atoms with E-state index >= 15 is 0 Å². The molecule has 0 bridgehead atoms. The lowest BCUT2D eigenvalue weighted by molar-refractivity contribution is 0.0729. The van der Waals surface area contributed by atoms with Crippen LogP contribution in [0.15, 0.2) is 4.21 Å². The molecule has 0 amide bonds. The highest BCUT2D eigenvalue weighted by Gasteiger charge is 2.36. The summed E-state index contributed by atoms with van der Waals surface area (Å²) < 4.78 is 36.4. The standard InChI is InChI=1S/C11H18FNO3S2/c1-10(2,3)8-6(11(4,5)14)7(12)9(17-8)18(13,15)16/h14H,1-5H3,(H2,13,15,16). The molecule has 0 aliphatic rings. The molecule has 104 valence electrons. The molecule has 0 saturated carbocycles. The van der Waals surface area contributed by atoms with E-state index in [1.807, 2.05) is 20.8 Å². The maximum Gasteiger partial charge on any atom is 0.250 e. The van der Waals surface area contributed by atoms with Gasteiger partial charge >= 0.3 is 0 Å². The van der Waals surface area contributed by atoms with Crippen LogP contribution in [0.2, 0.25) is 0 Å². The van der Waals surface area contributed by atoms with Crippen molar-refractivity contribution in [1.29, 1.82) is 0 Å². The van der Waals surface area contributed by atoms with Crippen LogP contribution >= 0.6 is 11.3 Å². The zero-order chi connectivity index (χ0) is 14.5. The molecule has 0 spiro atoms. The number of hydrogen-bond donors (Lipinski definition) is 2. The Labute approximate surface area is 111 Å². The summed E-state index contributed by atoms with van der Waals surface area (Å²) in [6.45, 7) is 8.29. The lowest BCUT2D eigenvalue weighted by atomic mass is 9.86. The van der Waals surface area contributed by atoms with Gasteiger partial charge in [-0.15, -0.1) is 11.3 Å². The summed E-state index contributed by atoms with van der Waals surface area (Å²) in [6, 6.07) is 0. The first-order valence-corrected chi connectivity index (χ1v) is 7.71. The molecule has 7 heteroatoms. The second-order valence-corrected chi connectivity index (χ2v) is 8.54. The van der Waals surface area contributed by atoms with Crippen LogP contribution in [-0.4, -0.2) is 13.5 Å². The summed E-state index contributed by atoms with van der Waals surface area (Å²) >= 11 is 0.779. The van der Waals surface area contributed by atoms with Crippen molar-refractivity contribution in [3.8, 4) is 0 Å². The van der Waals surface area contributed by atoms with Crippen molar-refractivity contribution in [2.24, 2.45) is 5.14 Å². The zero-order valence-electron chi connectivity index (χ0n) is 11.0. The fraction of sp³-hybridized carbons (Fsp3) is 0.636. The van der Waals surface area contributed by atoms with Crippen LogP contribution in [0.1, 0.15) is 45.1 Å². The monoisotopic (exact) mass is 295 g/mol. The Hall–Kier alpha value is -0.500. The number of rotatable bonds is 2. The third-order valence-corrected chi connectivity index (χ3v) is 5.40. The Kier molecular flexibility index (Phi) is 3.68. The van der Waals surface area contributed by atoms with Crippen LogP contribution in [0.5, 0.6) is 0 Å². The van der Waals surface area contributed by atoms with Gasteiger partial charge in [-0.25, -0.2) is 17.9 Å². The Morgan fingerprint density at radius 1 is 1.22 bits per heavy atom. The van der Waals surface area contributed by atoms with Gasteiger partial charge < -0.3 is 5.11 Å². The van der Waals surface area contributed by atoms with Crippen LogP contribution in [0, 0.1) is 5.82 Å². The lowest BCUT2D eigenvalue weighted by Gasteiger charge is -2.25. The van der Waals surface area contributed by atoms with E-state index in [1.165, 1.54) is 13.8 Å². The number of thiophene rings is 1. The minimum atomic E-state index is -4.12. The summed E-state index contributed by atoms with van der Waals surface area (Å²) in [5, 5.41) is 15.0. The molecule has 1 rings (SSSR count). The lowest BCUT2D eigenvalue weighted by Crippen LogP contribution is -2.23. The molecule has 0 radical (unpaired) electrons. The van der Waals surface area contributed by atoms with Crippen molar-refractivity contribution in [1.82, 2.24) is 0 Å². The number of nitrogens with two attached hydrogens (primary N) is 1. The molecule has 1 aromatic rings. The SMILES string of the molecule is CC(C)(C)c1sc(S(N)(=O)=O)c(F)c1C(C)(C)O. The average molecular weight is 295 g/mol. The minimum Gasteiger partial charge on any atom is -0.386 e. The van der Waals surface area contributed by atoms with Gasteiger partial charge in [0, 0.05) is 10.4 Å². The van der Waals surface area contributed by atoms with Crippen molar-refractivity contribution in [3.63, 3.8) is 0 Å². The molecule has 1 aromatic heterocycles. The molecule has 3 N–H and O–H groups in total. The number of sulfonamides is 1. The maximum absolute atomic E-state index is 14.2. The minimum absolute atomic E-state index is 0.00373. The first-order valence-electron chi connectivity index (χ1n) is 5.34. The highest BCUT2D eigenvalue weighted by Crippen LogP contribution is 2.42. The van der Waals surface area contributed by atoms with Gasteiger partial charge in [-0.2, -0.15) is 0 Å².